The Hall–Kier alpha value is -3.67. The second-order valence-electron chi connectivity index (χ2n) is 9.54. The molecule has 1 aliphatic rings. The van der Waals surface area contributed by atoms with Crippen LogP contribution in [0.4, 0.5) is 10.1 Å². The van der Waals surface area contributed by atoms with Gasteiger partial charge in [0, 0.05) is 24.7 Å². The van der Waals surface area contributed by atoms with Crippen LogP contribution in [0.2, 0.25) is 0 Å². The molecule has 35 heavy (non-hydrogen) atoms. The van der Waals surface area contributed by atoms with Crippen LogP contribution < -0.4 is 9.64 Å². The first kappa shape index (κ1) is 24.5. The van der Waals surface area contributed by atoms with Crippen molar-refractivity contribution in [3.63, 3.8) is 0 Å². The predicted molar refractivity (Wildman–Crippen MR) is 135 cm³/mol. The van der Waals surface area contributed by atoms with Gasteiger partial charge in [0.15, 0.2) is 0 Å². The van der Waals surface area contributed by atoms with Crippen LogP contribution in [0.25, 0.3) is 0 Å². The zero-order valence-electron chi connectivity index (χ0n) is 20.7. The lowest BCUT2D eigenvalue weighted by Crippen LogP contribution is -2.45. The number of anilines is 1. The van der Waals surface area contributed by atoms with Crippen molar-refractivity contribution in [1.82, 2.24) is 4.90 Å². The zero-order chi connectivity index (χ0) is 25.2. The number of rotatable bonds is 5. The standard InChI is InChI=1S/C29H31FN2O3/c1-20-8-11-26(12-9-20)32(21(2)33)29(3,4)24-10-13-27-23(18-24)19-31(14-15-35-27)28(34)17-22-6-5-7-25(30)16-22/h5-13,16,18H,14-15,17,19H2,1-4H3. The van der Waals surface area contributed by atoms with Gasteiger partial charge in [-0.05, 0) is 68.3 Å². The molecule has 1 aliphatic heterocycles. The molecule has 0 aromatic heterocycles. The molecular weight excluding hydrogens is 443 g/mol. The van der Waals surface area contributed by atoms with E-state index in [1.165, 1.54) is 12.1 Å². The van der Waals surface area contributed by atoms with Gasteiger partial charge in [-0.25, -0.2) is 4.39 Å². The summed E-state index contributed by atoms with van der Waals surface area (Å²) in [5, 5.41) is 0. The number of carbonyl (C=O) groups is 2. The molecule has 0 unspecified atom stereocenters. The molecule has 0 aliphatic carbocycles. The number of hydrogen-bond donors (Lipinski definition) is 0. The molecule has 0 spiro atoms. The number of amides is 2. The van der Waals surface area contributed by atoms with Crippen LogP contribution in [-0.4, -0.2) is 29.9 Å². The molecule has 0 N–H and O–H groups in total. The third-order valence-electron chi connectivity index (χ3n) is 6.51. The van der Waals surface area contributed by atoms with E-state index < -0.39 is 5.54 Å². The fourth-order valence-corrected chi connectivity index (χ4v) is 4.64. The average molecular weight is 475 g/mol. The molecule has 2 amide bonds. The summed E-state index contributed by atoms with van der Waals surface area (Å²) in [5.41, 5.74) is 3.78. The molecule has 0 atom stereocenters. The van der Waals surface area contributed by atoms with E-state index in [2.05, 4.69) is 0 Å². The maximum absolute atomic E-state index is 13.6. The second kappa shape index (κ2) is 9.90. The quantitative estimate of drug-likeness (QED) is 0.499. The minimum atomic E-state index is -0.640. The Morgan fingerprint density at radius 2 is 1.80 bits per heavy atom. The summed E-state index contributed by atoms with van der Waals surface area (Å²) in [7, 11) is 0. The molecule has 0 bridgehead atoms. The second-order valence-corrected chi connectivity index (χ2v) is 9.54. The molecule has 0 saturated heterocycles. The Morgan fingerprint density at radius 1 is 1.06 bits per heavy atom. The molecule has 3 aromatic rings. The molecule has 6 heteroatoms. The summed E-state index contributed by atoms with van der Waals surface area (Å²) < 4.78 is 19.5. The van der Waals surface area contributed by atoms with Gasteiger partial charge in [-0.2, -0.15) is 0 Å². The average Bonchev–Trinajstić information content (AvgIpc) is 3.02. The van der Waals surface area contributed by atoms with E-state index in [0.717, 1.165) is 28.1 Å². The number of hydrogen-bond acceptors (Lipinski definition) is 3. The maximum Gasteiger partial charge on any atom is 0.227 e. The van der Waals surface area contributed by atoms with Crippen molar-refractivity contribution >= 4 is 17.5 Å². The Bertz CT molecular complexity index is 1240. The van der Waals surface area contributed by atoms with Crippen LogP contribution in [0, 0.1) is 12.7 Å². The molecular formula is C29H31FN2O3. The summed E-state index contributed by atoms with van der Waals surface area (Å²) in [6.45, 7) is 8.83. The van der Waals surface area contributed by atoms with Crippen molar-refractivity contribution in [1.29, 1.82) is 0 Å². The summed E-state index contributed by atoms with van der Waals surface area (Å²) in [6, 6.07) is 19.9. The van der Waals surface area contributed by atoms with Crippen molar-refractivity contribution in [2.45, 2.75) is 46.2 Å². The van der Waals surface area contributed by atoms with E-state index >= 15 is 0 Å². The number of nitrogens with zero attached hydrogens (tertiary/aromatic N) is 2. The number of ether oxygens (including phenoxy) is 1. The molecule has 4 rings (SSSR count). The fourth-order valence-electron chi connectivity index (χ4n) is 4.64. The SMILES string of the molecule is CC(=O)N(c1ccc(C)cc1)C(C)(C)c1ccc2c(c1)CN(C(=O)Cc1cccc(F)c1)CCO2. The van der Waals surface area contributed by atoms with E-state index in [0.29, 0.717) is 25.3 Å². The lowest BCUT2D eigenvalue weighted by Gasteiger charge is -2.39. The smallest absolute Gasteiger partial charge is 0.227 e. The van der Waals surface area contributed by atoms with Gasteiger partial charge in [-0.3, -0.25) is 9.59 Å². The minimum absolute atomic E-state index is 0.0584. The highest BCUT2D eigenvalue weighted by Gasteiger charge is 2.33. The Labute approximate surface area is 206 Å². The lowest BCUT2D eigenvalue weighted by atomic mass is 9.89. The Balaban J connectivity index is 1.61. The number of fused-ring (bicyclic) bond motifs is 1. The first-order valence-electron chi connectivity index (χ1n) is 11.8. The van der Waals surface area contributed by atoms with Crippen LogP contribution in [0.3, 0.4) is 0 Å². The van der Waals surface area contributed by atoms with Crippen molar-refractivity contribution in [2.75, 3.05) is 18.1 Å². The monoisotopic (exact) mass is 474 g/mol. The highest BCUT2D eigenvalue weighted by molar-refractivity contribution is 5.93. The van der Waals surface area contributed by atoms with Crippen molar-refractivity contribution < 1.29 is 18.7 Å². The minimum Gasteiger partial charge on any atom is -0.491 e. The fraction of sp³-hybridized carbons (Fsp3) is 0.310. The van der Waals surface area contributed by atoms with Crippen molar-refractivity contribution in [2.24, 2.45) is 0 Å². The van der Waals surface area contributed by atoms with Gasteiger partial charge in [0.2, 0.25) is 11.8 Å². The van der Waals surface area contributed by atoms with Gasteiger partial charge in [0.1, 0.15) is 18.2 Å². The summed E-state index contributed by atoms with van der Waals surface area (Å²) in [4.78, 5) is 29.3. The van der Waals surface area contributed by atoms with Crippen LogP contribution in [0.5, 0.6) is 5.75 Å². The molecule has 0 fully saturated rings. The third kappa shape index (κ3) is 5.37. The largest absolute Gasteiger partial charge is 0.491 e. The zero-order valence-corrected chi connectivity index (χ0v) is 20.7. The molecule has 5 nitrogen and oxygen atoms in total. The number of benzene rings is 3. The number of aryl methyl sites for hydroxylation is 1. The number of carbonyl (C=O) groups excluding carboxylic acids is 2. The highest BCUT2D eigenvalue weighted by Crippen LogP contribution is 2.36. The van der Waals surface area contributed by atoms with E-state index in [4.69, 9.17) is 4.74 Å². The van der Waals surface area contributed by atoms with Crippen molar-refractivity contribution in [3.8, 4) is 5.75 Å². The van der Waals surface area contributed by atoms with Crippen LogP contribution in [0.1, 0.15) is 43.0 Å². The molecule has 0 radical (unpaired) electrons. The van der Waals surface area contributed by atoms with Gasteiger partial charge < -0.3 is 14.5 Å². The highest BCUT2D eigenvalue weighted by atomic mass is 19.1. The van der Waals surface area contributed by atoms with Crippen LogP contribution in [0.15, 0.2) is 66.7 Å². The van der Waals surface area contributed by atoms with E-state index in [1.54, 1.807) is 28.9 Å². The molecule has 1 heterocycles. The predicted octanol–water partition coefficient (Wildman–Crippen LogP) is 5.39. The van der Waals surface area contributed by atoms with Gasteiger partial charge in [-0.1, -0.05) is 35.9 Å². The van der Waals surface area contributed by atoms with E-state index in [9.17, 15) is 14.0 Å². The van der Waals surface area contributed by atoms with E-state index in [1.807, 2.05) is 63.2 Å². The summed E-state index contributed by atoms with van der Waals surface area (Å²) in [5.74, 6) is 0.240. The van der Waals surface area contributed by atoms with Crippen LogP contribution >= 0.6 is 0 Å². The third-order valence-corrected chi connectivity index (χ3v) is 6.51. The van der Waals surface area contributed by atoms with E-state index in [-0.39, 0.29) is 24.1 Å². The van der Waals surface area contributed by atoms with Gasteiger partial charge in [0.05, 0.1) is 18.5 Å². The molecule has 0 saturated carbocycles. The maximum atomic E-state index is 13.6. The Kier molecular flexibility index (Phi) is 6.92. The van der Waals surface area contributed by atoms with Gasteiger partial charge in [-0.15, -0.1) is 0 Å². The summed E-state index contributed by atoms with van der Waals surface area (Å²) in [6.07, 6.45) is 0.129. The topological polar surface area (TPSA) is 49.9 Å². The first-order chi connectivity index (χ1) is 16.6. The van der Waals surface area contributed by atoms with Gasteiger partial charge in [0.25, 0.3) is 0 Å². The summed E-state index contributed by atoms with van der Waals surface area (Å²) >= 11 is 0. The normalized spacial score (nSPS) is 13.5. The Morgan fingerprint density at radius 3 is 2.49 bits per heavy atom. The lowest BCUT2D eigenvalue weighted by molar-refractivity contribution is -0.131. The molecule has 182 valence electrons. The van der Waals surface area contributed by atoms with Crippen LogP contribution in [-0.2, 0) is 28.1 Å². The van der Waals surface area contributed by atoms with Crippen molar-refractivity contribution in [3.05, 3.63) is 94.8 Å². The van der Waals surface area contributed by atoms with Gasteiger partial charge >= 0.3 is 0 Å². The molecule has 3 aromatic carbocycles. The number of halogens is 1. The first-order valence-corrected chi connectivity index (χ1v) is 11.8.